The van der Waals surface area contributed by atoms with Crippen molar-refractivity contribution in [2.45, 2.75) is 56.9 Å². The predicted octanol–water partition coefficient (Wildman–Crippen LogP) is 3.68. The molecular formula is C22H29N3O2. The zero-order valence-corrected chi connectivity index (χ0v) is 16.1. The Hall–Kier alpha value is -2.14. The minimum atomic E-state index is 0.420. The third-order valence-corrected chi connectivity index (χ3v) is 5.93. The molecule has 5 heteroatoms. The highest BCUT2D eigenvalue weighted by atomic mass is 16.5. The number of hydrogen-bond acceptors (Lipinski definition) is 4. The van der Waals surface area contributed by atoms with Crippen molar-refractivity contribution in [2.24, 2.45) is 0 Å². The van der Waals surface area contributed by atoms with Crippen molar-refractivity contribution in [3.8, 4) is 5.75 Å². The van der Waals surface area contributed by atoms with Crippen LogP contribution < -0.4 is 4.74 Å². The number of hydrogen-bond donors (Lipinski definition) is 1. The highest BCUT2D eigenvalue weighted by molar-refractivity contribution is 5.52. The van der Waals surface area contributed by atoms with Gasteiger partial charge in [-0.2, -0.15) is 0 Å². The number of nitrogens with zero attached hydrogens (tertiary/aromatic N) is 2. The lowest BCUT2D eigenvalue weighted by Gasteiger charge is -2.21. The van der Waals surface area contributed by atoms with E-state index >= 15 is 0 Å². The van der Waals surface area contributed by atoms with Crippen LogP contribution in [0.2, 0.25) is 0 Å². The minimum absolute atomic E-state index is 0.420. The summed E-state index contributed by atoms with van der Waals surface area (Å²) in [5.74, 6) is 3.24. The van der Waals surface area contributed by atoms with Gasteiger partial charge in [0.15, 0.2) is 0 Å². The molecule has 27 heavy (non-hydrogen) atoms. The number of nitrogens with one attached hydrogen (secondary N) is 1. The van der Waals surface area contributed by atoms with E-state index in [-0.39, 0.29) is 0 Å². The summed E-state index contributed by atoms with van der Waals surface area (Å²) in [4.78, 5) is 21.0. The number of benzene rings is 1. The van der Waals surface area contributed by atoms with Crippen molar-refractivity contribution in [2.75, 3.05) is 19.7 Å². The number of aryl methyl sites for hydroxylation is 1. The smallest absolute Gasteiger partial charge is 0.133 e. The fourth-order valence-corrected chi connectivity index (χ4v) is 4.40. The molecular weight excluding hydrogens is 338 g/mol. The van der Waals surface area contributed by atoms with Gasteiger partial charge in [-0.05, 0) is 61.6 Å². The van der Waals surface area contributed by atoms with E-state index in [1.807, 2.05) is 6.20 Å². The van der Waals surface area contributed by atoms with Gasteiger partial charge in [0.1, 0.15) is 17.9 Å². The van der Waals surface area contributed by atoms with E-state index in [2.05, 4.69) is 40.0 Å². The number of aldehydes is 1. The first-order valence-electron chi connectivity index (χ1n) is 10.2. The van der Waals surface area contributed by atoms with E-state index in [4.69, 9.17) is 4.74 Å². The van der Waals surface area contributed by atoms with Gasteiger partial charge in [-0.15, -0.1) is 0 Å². The zero-order chi connectivity index (χ0) is 18.6. The second-order valence-electron chi connectivity index (χ2n) is 7.79. The molecule has 2 atom stereocenters. The van der Waals surface area contributed by atoms with Crippen LogP contribution in [0.1, 0.15) is 61.4 Å². The molecule has 1 aromatic heterocycles. The molecule has 5 nitrogen and oxygen atoms in total. The lowest BCUT2D eigenvalue weighted by atomic mass is 9.93. The first kappa shape index (κ1) is 18.2. The first-order valence-corrected chi connectivity index (χ1v) is 10.2. The quantitative estimate of drug-likeness (QED) is 0.687. The molecule has 2 fully saturated rings. The highest BCUT2D eigenvalue weighted by Crippen LogP contribution is 2.45. The van der Waals surface area contributed by atoms with Crippen molar-refractivity contribution < 1.29 is 9.53 Å². The molecule has 2 aromatic rings. The van der Waals surface area contributed by atoms with Crippen molar-refractivity contribution in [1.29, 1.82) is 0 Å². The summed E-state index contributed by atoms with van der Waals surface area (Å²) in [7, 11) is 0. The Bertz CT molecular complexity index is 755. The molecule has 2 unspecified atom stereocenters. The molecule has 0 radical (unpaired) electrons. The first-order chi connectivity index (χ1) is 13.3. The fraction of sp³-hybridized carbons (Fsp3) is 0.545. The van der Waals surface area contributed by atoms with Gasteiger partial charge in [-0.3, -0.25) is 4.90 Å². The summed E-state index contributed by atoms with van der Waals surface area (Å²) >= 11 is 0. The Labute approximate surface area is 161 Å². The van der Waals surface area contributed by atoms with Crippen LogP contribution in [0.25, 0.3) is 0 Å². The normalized spacial score (nSPS) is 22.9. The van der Waals surface area contributed by atoms with Gasteiger partial charge in [0.2, 0.25) is 0 Å². The largest absolute Gasteiger partial charge is 0.494 e. The van der Waals surface area contributed by atoms with Crippen LogP contribution in [0.4, 0.5) is 0 Å². The standard InChI is InChI=1S/C22H29N3O2/c1-2-27-21-14-17(5-7-20(21)16-3-4-16)18-13-19(25(15-18)11-12-26)6-8-22-23-9-10-24-22/h5,7,9-10,12,14,16,18-19H,2-4,6,8,11,13,15H2,1H3,(H,23,24). The molecule has 0 amide bonds. The third kappa shape index (κ3) is 4.24. The van der Waals surface area contributed by atoms with Crippen LogP contribution in [-0.4, -0.2) is 46.9 Å². The number of likely N-dealkylation sites (tertiary alicyclic amines) is 1. The highest BCUT2D eigenvalue weighted by Gasteiger charge is 2.33. The fourth-order valence-electron chi connectivity index (χ4n) is 4.40. The second kappa shape index (κ2) is 8.26. The van der Waals surface area contributed by atoms with Crippen LogP contribution in [0.15, 0.2) is 30.6 Å². The maximum Gasteiger partial charge on any atom is 0.133 e. The maximum absolute atomic E-state index is 11.2. The number of carbonyl (C=O) groups excluding carboxylic acids is 1. The predicted molar refractivity (Wildman–Crippen MR) is 105 cm³/mol. The van der Waals surface area contributed by atoms with Crippen molar-refractivity contribution in [1.82, 2.24) is 14.9 Å². The second-order valence-corrected chi connectivity index (χ2v) is 7.79. The molecule has 1 saturated heterocycles. The van der Waals surface area contributed by atoms with Gasteiger partial charge in [0.05, 0.1) is 13.2 Å². The molecule has 2 heterocycles. The van der Waals surface area contributed by atoms with E-state index in [1.165, 1.54) is 24.0 Å². The van der Waals surface area contributed by atoms with Crippen LogP contribution >= 0.6 is 0 Å². The van der Waals surface area contributed by atoms with E-state index < -0.39 is 0 Å². The summed E-state index contributed by atoms with van der Waals surface area (Å²) in [5, 5.41) is 0. The number of ether oxygens (including phenoxy) is 1. The van der Waals surface area contributed by atoms with E-state index in [9.17, 15) is 4.79 Å². The van der Waals surface area contributed by atoms with Crippen molar-refractivity contribution in [3.05, 3.63) is 47.5 Å². The van der Waals surface area contributed by atoms with Gasteiger partial charge in [-0.1, -0.05) is 12.1 Å². The summed E-state index contributed by atoms with van der Waals surface area (Å²) < 4.78 is 5.95. The zero-order valence-electron chi connectivity index (χ0n) is 16.1. The Morgan fingerprint density at radius 2 is 2.22 bits per heavy atom. The average Bonchev–Trinajstić information content (AvgIpc) is 3.23. The number of H-pyrrole nitrogens is 1. The topological polar surface area (TPSA) is 58.2 Å². The minimum Gasteiger partial charge on any atom is -0.494 e. The summed E-state index contributed by atoms with van der Waals surface area (Å²) in [6.07, 6.45) is 10.3. The molecule has 1 aliphatic carbocycles. The molecule has 144 valence electrons. The van der Waals surface area contributed by atoms with Gasteiger partial charge in [-0.25, -0.2) is 4.98 Å². The number of aromatic amines is 1. The molecule has 1 aliphatic heterocycles. The summed E-state index contributed by atoms with van der Waals surface area (Å²) in [6.45, 7) is 4.21. The Morgan fingerprint density at radius 1 is 1.33 bits per heavy atom. The van der Waals surface area contributed by atoms with Crippen molar-refractivity contribution >= 4 is 6.29 Å². The molecule has 4 rings (SSSR count). The van der Waals surface area contributed by atoms with Crippen LogP contribution in [-0.2, 0) is 11.2 Å². The molecule has 0 bridgehead atoms. The van der Waals surface area contributed by atoms with Crippen LogP contribution in [0, 0.1) is 0 Å². The van der Waals surface area contributed by atoms with Gasteiger partial charge >= 0.3 is 0 Å². The Balaban J connectivity index is 1.47. The van der Waals surface area contributed by atoms with Gasteiger partial charge in [0.25, 0.3) is 0 Å². The number of aromatic nitrogens is 2. The SMILES string of the molecule is CCOc1cc(C2CC(CCc3ncc[nH]3)N(CC=O)C2)ccc1C1CC1. The maximum atomic E-state index is 11.2. The van der Waals surface area contributed by atoms with E-state index in [0.29, 0.717) is 31.0 Å². The average molecular weight is 367 g/mol. The lowest BCUT2D eigenvalue weighted by Crippen LogP contribution is -2.31. The van der Waals surface area contributed by atoms with Gasteiger partial charge < -0.3 is 14.5 Å². The Morgan fingerprint density at radius 3 is 2.93 bits per heavy atom. The van der Waals surface area contributed by atoms with Gasteiger partial charge in [0, 0.05) is 31.4 Å². The van der Waals surface area contributed by atoms with E-state index in [1.54, 1.807) is 6.20 Å². The van der Waals surface area contributed by atoms with Crippen LogP contribution in [0.3, 0.4) is 0 Å². The third-order valence-electron chi connectivity index (χ3n) is 5.93. The molecule has 0 spiro atoms. The summed E-state index contributed by atoms with van der Waals surface area (Å²) in [6, 6.07) is 7.24. The molecule has 2 aliphatic rings. The lowest BCUT2D eigenvalue weighted by molar-refractivity contribution is -0.109. The van der Waals surface area contributed by atoms with E-state index in [0.717, 1.165) is 43.7 Å². The monoisotopic (exact) mass is 367 g/mol. The van der Waals surface area contributed by atoms with Crippen LogP contribution in [0.5, 0.6) is 5.75 Å². The summed E-state index contributed by atoms with van der Waals surface area (Å²) in [5.41, 5.74) is 2.72. The molecule has 1 aromatic carbocycles. The number of imidazole rings is 1. The number of carbonyl (C=O) groups is 1. The number of rotatable bonds is 9. The molecule has 1 saturated carbocycles. The van der Waals surface area contributed by atoms with Crippen molar-refractivity contribution in [3.63, 3.8) is 0 Å². The molecule has 1 N–H and O–H groups in total. The Kier molecular flexibility index (Phi) is 5.58.